The zero-order chi connectivity index (χ0) is 5.91. The van der Waals surface area contributed by atoms with E-state index in [1.54, 1.807) is 0 Å². The predicted octanol–water partition coefficient (Wildman–Crippen LogP) is 2.04. The van der Waals surface area contributed by atoms with Crippen molar-refractivity contribution in [1.82, 2.24) is 0 Å². The van der Waals surface area contributed by atoms with Crippen molar-refractivity contribution in [3.8, 4) is 0 Å². The van der Waals surface area contributed by atoms with Crippen molar-refractivity contribution < 1.29 is 0 Å². The summed E-state index contributed by atoms with van der Waals surface area (Å²) < 4.78 is 0.363. The Morgan fingerprint density at radius 2 is 1.75 bits per heavy atom. The molecule has 0 aromatic heterocycles. The van der Waals surface area contributed by atoms with Crippen LogP contribution in [0.25, 0.3) is 0 Å². The molecule has 0 aliphatic rings. The summed E-state index contributed by atoms with van der Waals surface area (Å²) in [7, 11) is 0. The molecule has 0 aromatic carbocycles. The second-order valence-electron chi connectivity index (χ2n) is 2.47. The van der Waals surface area contributed by atoms with Crippen LogP contribution < -0.4 is 0 Å². The first-order valence-electron chi connectivity index (χ1n) is 2.75. The molecule has 50 valence electrons. The number of rotatable bonds is 2. The molecule has 0 unspecified atom stereocenters. The van der Waals surface area contributed by atoms with Crippen LogP contribution >= 0.6 is 15.9 Å². The molecule has 0 saturated heterocycles. The Labute approximate surface area is 77.5 Å². The van der Waals surface area contributed by atoms with Gasteiger partial charge in [-0.2, -0.15) is 0 Å². The van der Waals surface area contributed by atoms with Crippen molar-refractivity contribution in [2.45, 2.75) is 37.9 Å². The van der Waals surface area contributed by atoms with E-state index in [9.17, 15) is 0 Å². The first-order valence-corrected chi connectivity index (χ1v) is 3.54. The summed E-state index contributed by atoms with van der Waals surface area (Å²) in [5.41, 5.74) is 0. The van der Waals surface area contributed by atoms with Gasteiger partial charge in [0.05, 0.1) is 0 Å². The van der Waals surface area contributed by atoms with Crippen LogP contribution in [0.15, 0.2) is 0 Å². The Bertz CT molecular complexity index is 47.0. The van der Waals surface area contributed by atoms with Gasteiger partial charge in [-0.3, -0.25) is 0 Å². The first-order chi connectivity index (χ1) is 3.06. The second kappa shape index (κ2) is 5.09. The molecule has 0 nitrogen and oxygen atoms in total. The van der Waals surface area contributed by atoms with Gasteiger partial charge in [-0.1, -0.05) is 43.1 Å². The van der Waals surface area contributed by atoms with Crippen molar-refractivity contribution in [2.75, 3.05) is 0 Å². The third kappa shape index (κ3) is 10.3. The van der Waals surface area contributed by atoms with Crippen LogP contribution in [-0.4, -0.2) is 28.2 Å². The van der Waals surface area contributed by atoms with Gasteiger partial charge in [-0.15, -0.1) is 0 Å². The molecule has 0 amide bonds. The minimum atomic E-state index is 0. The average Bonchev–Trinajstić information content (AvgIpc) is 1.30. The third-order valence-corrected chi connectivity index (χ3v) is 1.24. The molecule has 0 atom stereocenters. The van der Waals surface area contributed by atoms with Crippen molar-refractivity contribution in [2.24, 2.45) is 0 Å². The van der Waals surface area contributed by atoms with Crippen molar-refractivity contribution in [3.05, 3.63) is 0 Å². The summed E-state index contributed by atoms with van der Waals surface area (Å²) in [6, 6.07) is 0. The van der Waals surface area contributed by atoms with E-state index in [0.717, 1.165) is 0 Å². The van der Waals surface area contributed by atoms with Crippen molar-refractivity contribution in [1.29, 1.82) is 0 Å². The Hall–Kier alpha value is 1.28. The molecule has 2 radical (unpaired) electrons. The number of alkyl halides is 1. The van der Waals surface area contributed by atoms with Gasteiger partial charge in [0.1, 0.15) is 0 Å². The Morgan fingerprint density at radius 1 is 1.38 bits per heavy atom. The molecule has 0 fully saturated rings. The number of hydrogen-bond donors (Lipinski definition) is 0. The zero-order valence-corrected chi connectivity index (χ0v) is 11.6. The second-order valence-corrected chi connectivity index (χ2v) is 4.62. The van der Waals surface area contributed by atoms with Crippen LogP contribution in [0.3, 0.4) is 0 Å². The van der Waals surface area contributed by atoms with Gasteiger partial charge in [0.15, 0.2) is 0 Å². The third-order valence-electron chi connectivity index (χ3n) is 0.844. The number of hydrogen-bond acceptors (Lipinski definition) is 0. The fourth-order valence-electron chi connectivity index (χ4n) is 0.594. The maximum absolute atomic E-state index is 3.54. The van der Waals surface area contributed by atoms with E-state index >= 15 is 0 Å². The molecule has 0 heterocycles. The quantitative estimate of drug-likeness (QED) is 0.538. The SMILES string of the molecule is CCCC(C)(C)Br.[SnH2]. The Kier molecular flexibility index (Phi) is 7.64. The van der Waals surface area contributed by atoms with Gasteiger partial charge in [0.2, 0.25) is 0 Å². The molecule has 0 bridgehead atoms. The van der Waals surface area contributed by atoms with Crippen LogP contribution in [0.1, 0.15) is 33.6 Å². The van der Waals surface area contributed by atoms with Gasteiger partial charge in [0.25, 0.3) is 0 Å². The average molecular weight is 286 g/mol. The summed E-state index contributed by atoms with van der Waals surface area (Å²) in [5, 5.41) is 0. The molecule has 0 spiro atoms. The summed E-state index contributed by atoms with van der Waals surface area (Å²) >= 11 is 3.54. The van der Waals surface area contributed by atoms with Crippen LogP contribution in [0.2, 0.25) is 0 Å². The van der Waals surface area contributed by atoms with Crippen molar-refractivity contribution >= 4 is 39.8 Å². The molecule has 0 N–H and O–H groups in total. The van der Waals surface area contributed by atoms with Crippen LogP contribution in [0.4, 0.5) is 0 Å². The van der Waals surface area contributed by atoms with E-state index in [-0.39, 0.29) is 23.9 Å². The normalized spacial score (nSPS) is 10.5. The molecule has 0 rings (SSSR count). The van der Waals surface area contributed by atoms with E-state index in [0.29, 0.717) is 4.32 Å². The van der Waals surface area contributed by atoms with Gasteiger partial charge in [-0.05, 0) is 6.42 Å². The zero-order valence-electron chi connectivity index (χ0n) is 6.00. The number of halogens is 1. The van der Waals surface area contributed by atoms with Gasteiger partial charge < -0.3 is 0 Å². The van der Waals surface area contributed by atoms with Gasteiger partial charge >= 0.3 is 23.9 Å². The molecule has 0 aliphatic heterocycles. The maximum atomic E-state index is 3.54. The fourth-order valence-corrected chi connectivity index (χ4v) is 0.991. The van der Waals surface area contributed by atoms with Crippen LogP contribution in [-0.2, 0) is 0 Å². The predicted molar refractivity (Wildman–Crippen MR) is 46.5 cm³/mol. The monoisotopic (exact) mass is 286 g/mol. The minimum absolute atomic E-state index is 0. The molecule has 2 heteroatoms. The standard InChI is InChI=1S/C6H13Br.Sn.2H/c1-4-5-6(2,3)7;;;/h4-5H2,1-3H3;;;. The van der Waals surface area contributed by atoms with Gasteiger partial charge in [-0.25, -0.2) is 0 Å². The van der Waals surface area contributed by atoms with E-state index < -0.39 is 0 Å². The van der Waals surface area contributed by atoms with Crippen LogP contribution in [0, 0.1) is 0 Å². The summed E-state index contributed by atoms with van der Waals surface area (Å²) in [6.07, 6.45) is 2.52. The molecule has 0 aromatic rings. The molecule has 0 aliphatic carbocycles. The van der Waals surface area contributed by atoms with E-state index in [1.807, 2.05) is 0 Å². The van der Waals surface area contributed by atoms with E-state index in [1.165, 1.54) is 12.8 Å². The first kappa shape index (κ1) is 12.0. The van der Waals surface area contributed by atoms with E-state index in [4.69, 9.17) is 0 Å². The Morgan fingerprint density at radius 3 is 1.75 bits per heavy atom. The van der Waals surface area contributed by atoms with Gasteiger partial charge in [0, 0.05) is 4.32 Å². The molecular weight excluding hydrogens is 271 g/mol. The summed E-state index contributed by atoms with van der Waals surface area (Å²) in [5.74, 6) is 0. The molecule has 0 saturated carbocycles. The Balaban J connectivity index is 0. The van der Waals surface area contributed by atoms with E-state index in [2.05, 4.69) is 36.7 Å². The molecule has 8 heavy (non-hydrogen) atoms. The summed E-state index contributed by atoms with van der Waals surface area (Å²) in [4.78, 5) is 0. The topological polar surface area (TPSA) is 0 Å². The van der Waals surface area contributed by atoms with Crippen LogP contribution in [0.5, 0.6) is 0 Å². The van der Waals surface area contributed by atoms with Crippen molar-refractivity contribution in [3.63, 3.8) is 0 Å². The fraction of sp³-hybridized carbons (Fsp3) is 1.00. The summed E-state index contributed by atoms with van der Waals surface area (Å²) in [6.45, 7) is 6.58. The molecular formula is C6H15BrSn.